The average Bonchev–Trinajstić information content (AvgIpc) is 2.50. The maximum Gasteiger partial charge on any atom is 0.240 e. The Labute approximate surface area is 134 Å². The van der Waals surface area contributed by atoms with E-state index in [1.54, 1.807) is 12.1 Å². The Morgan fingerprint density at radius 2 is 2.10 bits per heavy atom. The largest absolute Gasteiger partial charge is 0.381 e. The summed E-state index contributed by atoms with van der Waals surface area (Å²) in [7, 11) is 0. The van der Waals surface area contributed by atoms with Crippen LogP contribution in [-0.4, -0.2) is 25.7 Å². The second-order valence-corrected chi connectivity index (χ2v) is 5.89. The van der Waals surface area contributed by atoms with Crippen molar-refractivity contribution in [1.29, 1.82) is 5.26 Å². The first kappa shape index (κ1) is 16.1. The predicted molar refractivity (Wildman–Crippen MR) is 81.3 cm³/mol. The van der Waals surface area contributed by atoms with E-state index in [0.29, 0.717) is 49.1 Å². The lowest BCUT2D eigenvalue weighted by atomic mass is 9.81. The molecule has 1 saturated heterocycles. The van der Waals surface area contributed by atoms with Crippen molar-refractivity contribution in [2.45, 2.75) is 19.3 Å². The van der Waals surface area contributed by atoms with Crippen LogP contribution >= 0.6 is 23.2 Å². The van der Waals surface area contributed by atoms with Gasteiger partial charge in [-0.05, 0) is 37.0 Å². The summed E-state index contributed by atoms with van der Waals surface area (Å²) in [4.78, 5) is 12.2. The quantitative estimate of drug-likeness (QED) is 0.925. The summed E-state index contributed by atoms with van der Waals surface area (Å²) in [5.74, 6) is -0.224. The highest BCUT2D eigenvalue weighted by atomic mass is 35.5. The number of nitrogens with one attached hydrogen (secondary N) is 1. The molecule has 1 aliphatic heterocycles. The molecule has 4 nitrogen and oxygen atoms in total. The highest BCUT2D eigenvalue weighted by Crippen LogP contribution is 2.29. The third-order valence-electron chi connectivity index (χ3n) is 3.69. The van der Waals surface area contributed by atoms with Gasteiger partial charge in [-0.2, -0.15) is 5.26 Å². The van der Waals surface area contributed by atoms with Crippen molar-refractivity contribution in [2.75, 3.05) is 19.8 Å². The SMILES string of the molecule is N#CC1(C(=O)NCCc2ccc(Cl)cc2Cl)CCOCC1. The topological polar surface area (TPSA) is 62.1 Å². The average molecular weight is 327 g/mol. The number of ether oxygens (including phenoxy) is 1. The fourth-order valence-electron chi connectivity index (χ4n) is 2.31. The van der Waals surface area contributed by atoms with Crippen LogP contribution in [0.2, 0.25) is 10.0 Å². The molecule has 0 unspecified atom stereocenters. The summed E-state index contributed by atoms with van der Waals surface area (Å²) in [5, 5.41) is 13.3. The summed E-state index contributed by atoms with van der Waals surface area (Å²) >= 11 is 11.9. The molecule has 0 aliphatic carbocycles. The maximum absolute atomic E-state index is 12.2. The molecule has 1 heterocycles. The van der Waals surface area contributed by atoms with Crippen molar-refractivity contribution in [1.82, 2.24) is 5.32 Å². The van der Waals surface area contributed by atoms with Crippen molar-refractivity contribution in [3.8, 4) is 6.07 Å². The van der Waals surface area contributed by atoms with Gasteiger partial charge in [0.15, 0.2) is 0 Å². The van der Waals surface area contributed by atoms with Crippen LogP contribution < -0.4 is 5.32 Å². The second-order valence-electron chi connectivity index (χ2n) is 5.05. The molecule has 0 radical (unpaired) electrons. The highest BCUT2D eigenvalue weighted by Gasteiger charge is 2.40. The van der Waals surface area contributed by atoms with E-state index in [2.05, 4.69) is 11.4 Å². The Hall–Kier alpha value is -1.28. The molecule has 21 heavy (non-hydrogen) atoms. The standard InChI is InChI=1S/C15H16Cl2N2O2/c16-12-2-1-11(13(17)9-12)3-6-19-14(20)15(10-18)4-7-21-8-5-15/h1-2,9H,3-8H2,(H,19,20). The number of nitrogens with zero attached hydrogens (tertiary/aromatic N) is 1. The second kappa shape index (κ2) is 7.13. The van der Waals surface area contributed by atoms with Crippen molar-refractivity contribution < 1.29 is 9.53 Å². The number of carbonyl (C=O) groups is 1. The number of carbonyl (C=O) groups excluding carboxylic acids is 1. The lowest BCUT2D eigenvalue weighted by Crippen LogP contribution is -2.44. The first-order chi connectivity index (χ1) is 10.1. The number of hydrogen-bond acceptors (Lipinski definition) is 3. The van der Waals surface area contributed by atoms with Gasteiger partial charge in [-0.25, -0.2) is 0 Å². The molecular weight excluding hydrogens is 311 g/mol. The van der Waals surface area contributed by atoms with Crippen LogP contribution in [0.15, 0.2) is 18.2 Å². The number of amides is 1. The van der Waals surface area contributed by atoms with E-state index in [1.165, 1.54) is 0 Å². The molecule has 6 heteroatoms. The molecule has 1 aliphatic rings. The zero-order valence-electron chi connectivity index (χ0n) is 11.5. The number of nitriles is 1. The first-order valence-corrected chi connectivity index (χ1v) is 7.54. The summed E-state index contributed by atoms with van der Waals surface area (Å²) in [6.45, 7) is 1.33. The Kier molecular flexibility index (Phi) is 5.46. The minimum atomic E-state index is -0.956. The van der Waals surface area contributed by atoms with Crippen LogP contribution in [0.1, 0.15) is 18.4 Å². The van der Waals surface area contributed by atoms with Crippen molar-refractivity contribution in [3.63, 3.8) is 0 Å². The Morgan fingerprint density at radius 3 is 2.71 bits per heavy atom. The van der Waals surface area contributed by atoms with Crippen molar-refractivity contribution in [2.24, 2.45) is 5.41 Å². The minimum Gasteiger partial charge on any atom is -0.381 e. The van der Waals surface area contributed by atoms with E-state index in [4.69, 9.17) is 27.9 Å². The van der Waals surface area contributed by atoms with Gasteiger partial charge in [0, 0.05) is 29.8 Å². The van der Waals surface area contributed by atoms with E-state index in [1.807, 2.05) is 6.07 Å². The molecule has 112 valence electrons. The van der Waals surface area contributed by atoms with Gasteiger partial charge in [-0.15, -0.1) is 0 Å². The van der Waals surface area contributed by atoms with E-state index >= 15 is 0 Å². The van der Waals surface area contributed by atoms with Crippen LogP contribution in [0.4, 0.5) is 0 Å². The molecular formula is C15H16Cl2N2O2. The van der Waals surface area contributed by atoms with Gasteiger partial charge in [0.25, 0.3) is 0 Å². The molecule has 0 saturated carbocycles. The molecule has 1 aromatic rings. The third kappa shape index (κ3) is 3.88. The monoisotopic (exact) mass is 326 g/mol. The summed E-state index contributed by atoms with van der Waals surface area (Å²) in [6, 6.07) is 7.43. The van der Waals surface area contributed by atoms with E-state index in [9.17, 15) is 10.1 Å². The molecule has 0 spiro atoms. The summed E-state index contributed by atoms with van der Waals surface area (Å²) in [5.41, 5.74) is -0.0402. The maximum atomic E-state index is 12.2. The van der Waals surface area contributed by atoms with Gasteiger partial charge >= 0.3 is 0 Å². The van der Waals surface area contributed by atoms with Crippen LogP contribution in [-0.2, 0) is 16.0 Å². The van der Waals surface area contributed by atoms with E-state index < -0.39 is 5.41 Å². The number of halogens is 2. The lowest BCUT2D eigenvalue weighted by molar-refractivity contribution is -0.132. The number of benzene rings is 1. The van der Waals surface area contributed by atoms with Crippen LogP contribution in [0.25, 0.3) is 0 Å². The van der Waals surface area contributed by atoms with Gasteiger partial charge in [0.1, 0.15) is 5.41 Å². The van der Waals surface area contributed by atoms with Crippen molar-refractivity contribution >= 4 is 29.1 Å². The molecule has 0 atom stereocenters. The van der Waals surface area contributed by atoms with E-state index in [0.717, 1.165) is 5.56 Å². The molecule has 0 aromatic heterocycles. The van der Waals surface area contributed by atoms with Gasteiger partial charge in [-0.3, -0.25) is 4.79 Å². The Morgan fingerprint density at radius 1 is 1.38 bits per heavy atom. The number of hydrogen-bond donors (Lipinski definition) is 1. The van der Waals surface area contributed by atoms with Crippen LogP contribution in [0.5, 0.6) is 0 Å². The zero-order valence-corrected chi connectivity index (χ0v) is 13.0. The fraction of sp³-hybridized carbons (Fsp3) is 0.467. The first-order valence-electron chi connectivity index (χ1n) is 6.79. The molecule has 1 N–H and O–H groups in total. The highest BCUT2D eigenvalue weighted by molar-refractivity contribution is 6.35. The lowest BCUT2D eigenvalue weighted by Gasteiger charge is -2.29. The van der Waals surface area contributed by atoms with Crippen LogP contribution in [0, 0.1) is 16.7 Å². The molecule has 1 fully saturated rings. The van der Waals surface area contributed by atoms with Gasteiger partial charge in [0.2, 0.25) is 5.91 Å². The van der Waals surface area contributed by atoms with E-state index in [-0.39, 0.29) is 5.91 Å². The normalized spacial score (nSPS) is 17.0. The molecule has 0 bridgehead atoms. The molecule has 1 amide bonds. The van der Waals surface area contributed by atoms with Crippen LogP contribution in [0.3, 0.4) is 0 Å². The summed E-state index contributed by atoms with van der Waals surface area (Å²) in [6.07, 6.45) is 1.48. The van der Waals surface area contributed by atoms with Gasteiger partial charge in [0.05, 0.1) is 6.07 Å². The molecule has 1 aromatic carbocycles. The van der Waals surface area contributed by atoms with Gasteiger partial charge in [-0.1, -0.05) is 29.3 Å². The zero-order chi connectivity index (χ0) is 15.3. The Balaban J connectivity index is 1.90. The predicted octanol–water partition coefficient (Wildman–Crippen LogP) is 2.97. The summed E-state index contributed by atoms with van der Waals surface area (Å²) < 4.78 is 5.22. The third-order valence-corrected chi connectivity index (χ3v) is 4.28. The Bertz CT molecular complexity index is 563. The molecule has 2 rings (SSSR count). The fourth-order valence-corrected chi connectivity index (χ4v) is 2.82. The van der Waals surface area contributed by atoms with Gasteiger partial charge < -0.3 is 10.1 Å². The smallest absolute Gasteiger partial charge is 0.240 e. The minimum absolute atomic E-state index is 0.224. The van der Waals surface area contributed by atoms with Crippen molar-refractivity contribution in [3.05, 3.63) is 33.8 Å². The number of rotatable bonds is 4.